The second-order valence-electron chi connectivity index (χ2n) is 17.5. The van der Waals surface area contributed by atoms with Crippen molar-refractivity contribution in [2.75, 3.05) is 41.0 Å². The van der Waals surface area contributed by atoms with Crippen LogP contribution >= 0.6 is 0 Å². The molecular weight excluding hydrogens is 775 g/mol. The number of allylic oxidation sites excluding steroid dienone is 14. The summed E-state index contributed by atoms with van der Waals surface area (Å²) >= 11 is 0. The highest BCUT2D eigenvalue weighted by molar-refractivity contribution is 5.72. The standard InChI is InChI=1S/C54H91NO7/c1-6-8-10-12-14-16-18-20-22-24-26-27-29-31-33-35-37-39-41-43-45-53(57)62-50(48-60-47-46-51(54(58)59)55(3,4)5)49-61-52(56)44-42-40-38-36-34-32-30-28-25-23-21-19-17-15-13-11-9-7-2/h11,13,15-23,25,28,30,50-51H,6-10,12,14,24,26-27,29,31-49H2,1-5H3/p+1/b13-11+,17-15+,18-16+,21-19+,22-20+,25-23+,30-28+. The summed E-state index contributed by atoms with van der Waals surface area (Å²) in [6, 6.07) is -0.624. The van der Waals surface area contributed by atoms with E-state index in [0.29, 0.717) is 19.3 Å². The van der Waals surface area contributed by atoms with E-state index in [0.717, 1.165) is 64.2 Å². The van der Waals surface area contributed by atoms with Gasteiger partial charge in [-0.25, -0.2) is 4.79 Å². The fourth-order valence-corrected chi connectivity index (χ4v) is 6.82. The number of likely N-dealkylation sites (N-methyl/N-ethyl adjacent to an activating group) is 1. The number of carbonyl (C=O) groups excluding carboxylic acids is 2. The SMILES string of the molecule is CCC/C=C/C=C/C=C/C=C/C=C/CCCCCCCC(=O)OCC(COCCC(C(=O)O)[N+](C)(C)C)OC(=O)CCCCCCCCCCCC/C=C/C=C/CCCCCC. The van der Waals surface area contributed by atoms with Crippen molar-refractivity contribution in [3.05, 3.63) is 85.1 Å². The summed E-state index contributed by atoms with van der Waals surface area (Å²) in [5.74, 6) is -1.51. The smallest absolute Gasteiger partial charge is 0.362 e. The van der Waals surface area contributed by atoms with Gasteiger partial charge in [-0.3, -0.25) is 9.59 Å². The molecule has 0 aliphatic carbocycles. The molecule has 8 nitrogen and oxygen atoms in total. The van der Waals surface area contributed by atoms with Gasteiger partial charge in [0, 0.05) is 19.3 Å². The van der Waals surface area contributed by atoms with Crippen LogP contribution in [0.15, 0.2) is 85.1 Å². The van der Waals surface area contributed by atoms with Crippen molar-refractivity contribution in [2.24, 2.45) is 0 Å². The van der Waals surface area contributed by atoms with Crippen molar-refractivity contribution in [1.82, 2.24) is 0 Å². The first-order valence-corrected chi connectivity index (χ1v) is 24.7. The highest BCUT2D eigenvalue weighted by atomic mass is 16.6. The van der Waals surface area contributed by atoms with Crippen molar-refractivity contribution >= 4 is 17.9 Å². The molecule has 2 atom stereocenters. The van der Waals surface area contributed by atoms with Crippen molar-refractivity contribution in [1.29, 1.82) is 0 Å². The van der Waals surface area contributed by atoms with Gasteiger partial charge in [-0.05, 0) is 57.8 Å². The zero-order valence-corrected chi connectivity index (χ0v) is 40.3. The van der Waals surface area contributed by atoms with Crippen LogP contribution in [0.1, 0.15) is 187 Å². The van der Waals surface area contributed by atoms with Gasteiger partial charge in [-0.15, -0.1) is 0 Å². The number of carboxylic acids is 1. The highest BCUT2D eigenvalue weighted by Gasteiger charge is 2.31. The maximum absolute atomic E-state index is 12.8. The van der Waals surface area contributed by atoms with Gasteiger partial charge in [0.1, 0.15) is 6.61 Å². The molecule has 0 aliphatic rings. The number of carboxylic acid groups (broad SMARTS) is 1. The lowest BCUT2D eigenvalue weighted by Crippen LogP contribution is -2.50. The van der Waals surface area contributed by atoms with Crippen LogP contribution in [0.4, 0.5) is 0 Å². The van der Waals surface area contributed by atoms with E-state index in [1.165, 1.54) is 89.9 Å². The number of ether oxygens (including phenoxy) is 3. The number of nitrogens with zero attached hydrogens (tertiary/aromatic N) is 1. The topological polar surface area (TPSA) is 99.1 Å². The Kier molecular flexibility index (Phi) is 41.6. The molecule has 0 radical (unpaired) electrons. The third-order valence-corrected chi connectivity index (χ3v) is 10.7. The Morgan fingerprint density at radius 2 is 0.887 bits per heavy atom. The van der Waals surface area contributed by atoms with Gasteiger partial charge in [0.25, 0.3) is 0 Å². The van der Waals surface area contributed by atoms with E-state index in [1.807, 2.05) is 57.6 Å². The molecule has 0 heterocycles. The van der Waals surface area contributed by atoms with E-state index in [2.05, 4.69) is 62.5 Å². The molecule has 0 rings (SSSR count). The van der Waals surface area contributed by atoms with E-state index < -0.39 is 18.1 Å². The lowest BCUT2D eigenvalue weighted by atomic mass is 10.1. The average molecular weight is 867 g/mol. The fraction of sp³-hybridized carbons (Fsp3) is 0.685. The van der Waals surface area contributed by atoms with Gasteiger partial charge in [0.2, 0.25) is 0 Å². The van der Waals surface area contributed by atoms with Crippen LogP contribution in [0, 0.1) is 0 Å². The molecule has 0 bridgehead atoms. The average Bonchev–Trinajstić information content (AvgIpc) is 3.23. The van der Waals surface area contributed by atoms with E-state index >= 15 is 0 Å². The number of esters is 2. The Balaban J connectivity index is 4.35. The van der Waals surface area contributed by atoms with Crippen LogP contribution in [0.3, 0.4) is 0 Å². The molecular formula is C54H92NO7+. The summed E-state index contributed by atoms with van der Waals surface area (Å²) in [5, 5.41) is 9.65. The molecule has 0 amide bonds. The first-order valence-electron chi connectivity index (χ1n) is 24.7. The summed E-state index contributed by atoms with van der Waals surface area (Å²) in [4.78, 5) is 37.1. The quantitative estimate of drug-likeness (QED) is 0.0282. The third-order valence-electron chi connectivity index (χ3n) is 10.7. The Labute approximate surface area is 380 Å². The monoisotopic (exact) mass is 867 g/mol. The van der Waals surface area contributed by atoms with Gasteiger partial charge >= 0.3 is 17.9 Å². The molecule has 0 fully saturated rings. The third kappa shape index (κ3) is 41.8. The minimum absolute atomic E-state index is 0.0467. The molecule has 354 valence electrons. The number of rotatable bonds is 43. The molecule has 0 aromatic carbocycles. The first-order chi connectivity index (χ1) is 30.1. The van der Waals surface area contributed by atoms with Gasteiger partial charge in [0.15, 0.2) is 12.1 Å². The molecule has 62 heavy (non-hydrogen) atoms. The van der Waals surface area contributed by atoms with Crippen LogP contribution in [0.2, 0.25) is 0 Å². The summed E-state index contributed by atoms with van der Waals surface area (Å²) in [5.41, 5.74) is 0. The molecule has 0 spiro atoms. The summed E-state index contributed by atoms with van der Waals surface area (Å²) in [6.45, 7) is 4.60. The Morgan fingerprint density at radius 1 is 0.484 bits per heavy atom. The molecule has 0 aromatic rings. The van der Waals surface area contributed by atoms with Crippen LogP contribution in [0.25, 0.3) is 0 Å². The van der Waals surface area contributed by atoms with Gasteiger partial charge in [-0.2, -0.15) is 0 Å². The molecule has 0 saturated carbocycles. The zero-order valence-electron chi connectivity index (χ0n) is 40.3. The fourth-order valence-electron chi connectivity index (χ4n) is 6.82. The lowest BCUT2D eigenvalue weighted by Gasteiger charge is -2.31. The van der Waals surface area contributed by atoms with Crippen molar-refractivity contribution in [3.8, 4) is 0 Å². The van der Waals surface area contributed by atoms with Gasteiger partial charge in [-0.1, -0.05) is 195 Å². The van der Waals surface area contributed by atoms with E-state index in [-0.39, 0.29) is 36.2 Å². The number of hydrogen-bond donors (Lipinski definition) is 1. The Bertz CT molecular complexity index is 1290. The maximum atomic E-state index is 12.8. The minimum Gasteiger partial charge on any atom is -0.477 e. The van der Waals surface area contributed by atoms with E-state index in [1.54, 1.807) is 0 Å². The van der Waals surface area contributed by atoms with E-state index in [4.69, 9.17) is 14.2 Å². The van der Waals surface area contributed by atoms with Crippen LogP contribution in [0.5, 0.6) is 0 Å². The zero-order chi connectivity index (χ0) is 45.6. The number of unbranched alkanes of at least 4 members (excludes halogenated alkanes) is 20. The van der Waals surface area contributed by atoms with Crippen molar-refractivity contribution in [3.63, 3.8) is 0 Å². The molecule has 8 heteroatoms. The second kappa shape index (κ2) is 44.1. The van der Waals surface area contributed by atoms with Crippen LogP contribution in [-0.4, -0.2) is 80.6 Å². The molecule has 0 saturated heterocycles. The first kappa shape index (κ1) is 58.5. The predicted molar refractivity (Wildman–Crippen MR) is 261 cm³/mol. The van der Waals surface area contributed by atoms with E-state index in [9.17, 15) is 19.5 Å². The second-order valence-corrected chi connectivity index (χ2v) is 17.5. The number of aliphatic carboxylic acids is 1. The summed E-state index contributed by atoms with van der Waals surface area (Å²) in [7, 11) is 5.52. The molecule has 1 N–H and O–H groups in total. The lowest BCUT2D eigenvalue weighted by molar-refractivity contribution is -0.887. The highest BCUT2D eigenvalue weighted by Crippen LogP contribution is 2.14. The maximum Gasteiger partial charge on any atom is 0.362 e. The summed E-state index contributed by atoms with van der Waals surface area (Å²) < 4.78 is 17.3. The molecule has 0 aromatic heterocycles. The Morgan fingerprint density at radius 3 is 1.34 bits per heavy atom. The van der Waals surface area contributed by atoms with Gasteiger partial charge < -0.3 is 23.8 Å². The Hall–Kier alpha value is -3.49. The van der Waals surface area contributed by atoms with Crippen LogP contribution in [-0.2, 0) is 28.6 Å². The number of hydrogen-bond acceptors (Lipinski definition) is 6. The minimum atomic E-state index is -0.882. The van der Waals surface area contributed by atoms with Crippen molar-refractivity contribution in [2.45, 2.75) is 199 Å². The van der Waals surface area contributed by atoms with Gasteiger partial charge in [0.05, 0.1) is 34.4 Å². The number of quaternary nitrogens is 1. The predicted octanol–water partition coefficient (Wildman–Crippen LogP) is 14.1. The normalized spacial score (nSPS) is 13.6. The largest absolute Gasteiger partial charge is 0.477 e. The summed E-state index contributed by atoms with van der Waals surface area (Å²) in [6.07, 6.45) is 57.6. The molecule has 2 unspecified atom stereocenters. The molecule has 0 aliphatic heterocycles. The van der Waals surface area contributed by atoms with Crippen molar-refractivity contribution < 1.29 is 38.2 Å². The number of carbonyl (C=O) groups is 3. The van der Waals surface area contributed by atoms with Crippen LogP contribution < -0.4 is 0 Å².